The fourth-order valence-corrected chi connectivity index (χ4v) is 1.83. The van der Waals surface area contributed by atoms with Crippen LogP contribution in [0.4, 0.5) is 15.8 Å². The second-order valence-electron chi connectivity index (χ2n) is 3.86. The molecule has 2 aromatic carbocycles. The van der Waals surface area contributed by atoms with Gasteiger partial charge in [-0.15, -0.1) is 0 Å². The zero-order valence-corrected chi connectivity index (χ0v) is 10.4. The Labute approximate surface area is 110 Å². The number of nitrogens with zero attached hydrogens (tertiary/aromatic N) is 1. The van der Waals surface area contributed by atoms with Gasteiger partial charge in [0, 0.05) is 5.69 Å². The van der Waals surface area contributed by atoms with Gasteiger partial charge in [0.1, 0.15) is 11.9 Å². The van der Waals surface area contributed by atoms with Crippen molar-refractivity contribution in [2.24, 2.45) is 0 Å². The Bertz CT molecular complexity index is 632. The fraction of sp³-hybridized carbons (Fsp3) is 0.0714. The Hall–Kier alpha value is -2.05. The van der Waals surface area contributed by atoms with Gasteiger partial charge in [-0.05, 0) is 36.8 Å². The predicted molar refractivity (Wildman–Crippen MR) is 70.6 cm³/mol. The van der Waals surface area contributed by atoms with Crippen molar-refractivity contribution in [3.63, 3.8) is 0 Å². The van der Waals surface area contributed by atoms with E-state index in [2.05, 4.69) is 5.32 Å². The van der Waals surface area contributed by atoms with Gasteiger partial charge in [0.2, 0.25) is 0 Å². The maximum atomic E-state index is 13.2. The maximum Gasteiger partial charge on any atom is 0.125 e. The number of benzene rings is 2. The standard InChI is InChI=1S/C14H10ClFN2/c1-9-5-6-10(16)7-14(9)18-13-4-2-3-12(15)11(13)8-17/h2-7,18H,1H3. The smallest absolute Gasteiger partial charge is 0.125 e. The molecule has 18 heavy (non-hydrogen) atoms. The van der Waals surface area contributed by atoms with Crippen LogP contribution in [0.25, 0.3) is 0 Å². The van der Waals surface area contributed by atoms with Crippen molar-refractivity contribution < 1.29 is 4.39 Å². The third kappa shape index (κ3) is 2.44. The topological polar surface area (TPSA) is 35.8 Å². The SMILES string of the molecule is Cc1ccc(F)cc1Nc1cccc(Cl)c1C#N. The van der Waals surface area contributed by atoms with Gasteiger partial charge in [-0.3, -0.25) is 0 Å². The molecule has 0 aliphatic heterocycles. The molecule has 0 heterocycles. The zero-order chi connectivity index (χ0) is 13.1. The first-order valence-electron chi connectivity index (χ1n) is 5.33. The van der Waals surface area contributed by atoms with Crippen molar-refractivity contribution in [2.75, 3.05) is 5.32 Å². The van der Waals surface area contributed by atoms with E-state index < -0.39 is 0 Å². The second kappa shape index (κ2) is 5.07. The minimum absolute atomic E-state index is 0.330. The first-order valence-corrected chi connectivity index (χ1v) is 5.71. The molecule has 4 heteroatoms. The molecule has 0 radical (unpaired) electrons. The summed E-state index contributed by atoms with van der Waals surface area (Å²) in [7, 11) is 0. The molecule has 0 atom stereocenters. The highest BCUT2D eigenvalue weighted by Gasteiger charge is 2.08. The van der Waals surface area contributed by atoms with E-state index >= 15 is 0 Å². The van der Waals surface area contributed by atoms with Gasteiger partial charge in [-0.2, -0.15) is 5.26 Å². The highest BCUT2D eigenvalue weighted by atomic mass is 35.5. The van der Waals surface area contributed by atoms with Gasteiger partial charge < -0.3 is 5.32 Å². The molecule has 90 valence electrons. The Morgan fingerprint density at radius 3 is 2.72 bits per heavy atom. The lowest BCUT2D eigenvalue weighted by Gasteiger charge is -2.11. The molecular formula is C14H10ClFN2. The fourth-order valence-electron chi connectivity index (χ4n) is 1.62. The van der Waals surface area contributed by atoms with E-state index in [-0.39, 0.29) is 5.82 Å². The van der Waals surface area contributed by atoms with E-state index in [0.717, 1.165) is 5.56 Å². The molecule has 0 amide bonds. The second-order valence-corrected chi connectivity index (χ2v) is 4.27. The van der Waals surface area contributed by atoms with Crippen LogP contribution in [0.5, 0.6) is 0 Å². The number of hydrogen-bond donors (Lipinski definition) is 1. The van der Waals surface area contributed by atoms with Gasteiger partial charge in [0.05, 0.1) is 16.3 Å². The van der Waals surface area contributed by atoms with Gasteiger partial charge in [-0.25, -0.2) is 4.39 Å². The number of hydrogen-bond acceptors (Lipinski definition) is 2. The molecule has 0 spiro atoms. The maximum absolute atomic E-state index is 13.2. The lowest BCUT2D eigenvalue weighted by Crippen LogP contribution is -1.97. The number of anilines is 2. The summed E-state index contributed by atoms with van der Waals surface area (Å²) in [5.74, 6) is -0.330. The minimum Gasteiger partial charge on any atom is -0.354 e. The van der Waals surface area contributed by atoms with Crippen LogP contribution in [0.3, 0.4) is 0 Å². The van der Waals surface area contributed by atoms with Crippen molar-refractivity contribution >= 4 is 23.0 Å². The molecule has 2 aromatic rings. The van der Waals surface area contributed by atoms with Gasteiger partial charge in [-0.1, -0.05) is 23.7 Å². The number of aryl methyl sites for hydroxylation is 1. The summed E-state index contributed by atoms with van der Waals surface area (Å²) in [6, 6.07) is 11.6. The van der Waals surface area contributed by atoms with Crippen LogP contribution in [0, 0.1) is 24.1 Å². The number of nitrogens with one attached hydrogen (secondary N) is 1. The third-order valence-electron chi connectivity index (χ3n) is 2.59. The third-order valence-corrected chi connectivity index (χ3v) is 2.91. The summed E-state index contributed by atoms with van der Waals surface area (Å²) in [6.45, 7) is 1.86. The average molecular weight is 261 g/mol. The summed E-state index contributed by atoms with van der Waals surface area (Å²) in [5, 5.41) is 12.5. The highest BCUT2D eigenvalue weighted by molar-refractivity contribution is 6.32. The van der Waals surface area contributed by atoms with Crippen molar-refractivity contribution in [3.8, 4) is 6.07 Å². The summed E-state index contributed by atoms with van der Waals surface area (Å²) in [6.07, 6.45) is 0. The largest absolute Gasteiger partial charge is 0.354 e. The van der Waals surface area contributed by atoms with E-state index in [1.54, 1.807) is 24.3 Å². The minimum atomic E-state index is -0.330. The molecular weight excluding hydrogens is 251 g/mol. The molecule has 0 saturated heterocycles. The summed E-state index contributed by atoms with van der Waals surface area (Å²) in [5.41, 5.74) is 2.43. The average Bonchev–Trinajstić information content (AvgIpc) is 2.34. The van der Waals surface area contributed by atoms with Crippen molar-refractivity contribution in [3.05, 3.63) is 58.4 Å². The lowest BCUT2D eigenvalue weighted by molar-refractivity contribution is 0.628. The van der Waals surface area contributed by atoms with Crippen molar-refractivity contribution in [1.29, 1.82) is 5.26 Å². The first-order chi connectivity index (χ1) is 8.61. The van der Waals surface area contributed by atoms with Crippen LogP contribution in [-0.2, 0) is 0 Å². The van der Waals surface area contributed by atoms with Crippen LogP contribution < -0.4 is 5.32 Å². The van der Waals surface area contributed by atoms with Crippen LogP contribution >= 0.6 is 11.6 Å². The molecule has 0 aliphatic carbocycles. The Morgan fingerprint density at radius 1 is 1.22 bits per heavy atom. The normalized spacial score (nSPS) is 9.89. The molecule has 0 saturated carbocycles. The molecule has 2 rings (SSSR count). The van der Waals surface area contributed by atoms with E-state index in [9.17, 15) is 4.39 Å². The molecule has 0 aliphatic rings. The van der Waals surface area contributed by atoms with Crippen molar-refractivity contribution in [1.82, 2.24) is 0 Å². The van der Waals surface area contributed by atoms with E-state index in [4.69, 9.17) is 16.9 Å². The van der Waals surface area contributed by atoms with Crippen LogP contribution in [0.15, 0.2) is 36.4 Å². The molecule has 1 N–H and O–H groups in total. The molecule has 0 aromatic heterocycles. The van der Waals surface area contributed by atoms with E-state index in [0.29, 0.717) is 22.0 Å². The monoisotopic (exact) mass is 260 g/mol. The number of halogens is 2. The quantitative estimate of drug-likeness (QED) is 0.869. The Morgan fingerprint density at radius 2 is 2.00 bits per heavy atom. The van der Waals surface area contributed by atoms with Crippen molar-refractivity contribution in [2.45, 2.75) is 6.92 Å². The van der Waals surface area contributed by atoms with Gasteiger partial charge in [0.15, 0.2) is 0 Å². The summed E-state index contributed by atoms with van der Waals surface area (Å²) < 4.78 is 13.2. The summed E-state index contributed by atoms with van der Waals surface area (Å²) >= 11 is 5.93. The lowest BCUT2D eigenvalue weighted by atomic mass is 10.1. The molecule has 0 unspecified atom stereocenters. The Balaban J connectivity index is 2.44. The number of rotatable bonds is 2. The first kappa shape index (κ1) is 12.4. The molecule has 0 fully saturated rings. The van der Waals surface area contributed by atoms with Crippen LogP contribution in [-0.4, -0.2) is 0 Å². The number of nitriles is 1. The molecule has 0 bridgehead atoms. The van der Waals surface area contributed by atoms with Gasteiger partial charge >= 0.3 is 0 Å². The van der Waals surface area contributed by atoms with Crippen LogP contribution in [0.2, 0.25) is 5.02 Å². The zero-order valence-electron chi connectivity index (χ0n) is 9.67. The summed E-state index contributed by atoms with van der Waals surface area (Å²) in [4.78, 5) is 0. The van der Waals surface area contributed by atoms with E-state index in [1.807, 2.05) is 13.0 Å². The van der Waals surface area contributed by atoms with Crippen LogP contribution in [0.1, 0.15) is 11.1 Å². The predicted octanol–water partition coefficient (Wildman–Crippen LogP) is 4.40. The van der Waals surface area contributed by atoms with Gasteiger partial charge in [0.25, 0.3) is 0 Å². The Kier molecular flexibility index (Phi) is 3.50. The highest BCUT2D eigenvalue weighted by Crippen LogP contribution is 2.28. The molecule has 2 nitrogen and oxygen atoms in total. The van der Waals surface area contributed by atoms with E-state index in [1.165, 1.54) is 12.1 Å².